The van der Waals surface area contributed by atoms with Crippen LogP contribution in [0.4, 0.5) is 0 Å². The maximum atomic E-state index is 7.05. The number of ether oxygens (including phenoxy) is 1. The Labute approximate surface area is 309 Å². The Morgan fingerprint density at radius 3 is 1.76 bits per heavy atom. The summed E-state index contributed by atoms with van der Waals surface area (Å²) in [6.45, 7) is 0. The van der Waals surface area contributed by atoms with Crippen LogP contribution in [0.3, 0.4) is 0 Å². The highest BCUT2D eigenvalue weighted by Crippen LogP contribution is 2.54. The molecule has 1 aliphatic heterocycles. The number of rotatable bonds is 2. The zero-order valence-electron chi connectivity index (χ0n) is 29.0. The van der Waals surface area contributed by atoms with Crippen molar-refractivity contribution in [1.29, 1.82) is 0 Å². The summed E-state index contributed by atoms with van der Waals surface area (Å²) in [7, 11) is 0. The SMILES string of the molecule is c1cc(-c2ccc(-c3ccc4ccc5cccc6ccc3c4c56)c3c2oc2cc4ccccc4cc23)c2c(c1)-c1cccc3c1c(cc1ccccc13)O2. The third-order valence-electron chi connectivity index (χ3n) is 12.0. The van der Waals surface area contributed by atoms with Gasteiger partial charge in [0, 0.05) is 32.8 Å². The lowest BCUT2D eigenvalue weighted by atomic mass is 9.86. The molecule has 0 unspecified atom stereocenters. The number of hydrogen-bond donors (Lipinski definition) is 0. The lowest BCUT2D eigenvalue weighted by Crippen LogP contribution is -1.99. The van der Waals surface area contributed by atoms with E-state index in [1.165, 1.54) is 65.0 Å². The van der Waals surface area contributed by atoms with Gasteiger partial charge in [-0.3, -0.25) is 0 Å². The summed E-state index contributed by atoms with van der Waals surface area (Å²) in [4.78, 5) is 0. The molecule has 2 heterocycles. The predicted molar refractivity (Wildman–Crippen MR) is 226 cm³/mol. The molecule has 0 bridgehead atoms. The van der Waals surface area contributed by atoms with Crippen molar-refractivity contribution in [1.82, 2.24) is 0 Å². The van der Waals surface area contributed by atoms with Crippen molar-refractivity contribution in [2.75, 3.05) is 0 Å². The Kier molecular flexibility index (Phi) is 5.39. The summed E-state index contributed by atoms with van der Waals surface area (Å²) in [6.07, 6.45) is 0. The number of furan rings is 1. The fourth-order valence-electron chi connectivity index (χ4n) is 9.58. The normalized spacial score (nSPS) is 12.6. The van der Waals surface area contributed by atoms with E-state index in [9.17, 15) is 0 Å². The third-order valence-corrected chi connectivity index (χ3v) is 12.0. The zero-order chi connectivity index (χ0) is 35.1. The molecular formula is C52H28O2. The number of fused-ring (bicyclic) bond motifs is 8. The van der Waals surface area contributed by atoms with E-state index in [0.29, 0.717) is 0 Å². The highest BCUT2D eigenvalue weighted by molar-refractivity contribution is 6.28. The summed E-state index contributed by atoms with van der Waals surface area (Å²) >= 11 is 0. The van der Waals surface area contributed by atoms with Crippen LogP contribution in [0.5, 0.6) is 11.5 Å². The van der Waals surface area contributed by atoms with Crippen LogP contribution in [-0.2, 0) is 0 Å². The van der Waals surface area contributed by atoms with Gasteiger partial charge in [0.1, 0.15) is 22.7 Å². The van der Waals surface area contributed by atoms with E-state index in [1.807, 2.05) is 0 Å². The minimum atomic E-state index is 0.857. The molecule has 0 radical (unpaired) electrons. The fourth-order valence-corrected chi connectivity index (χ4v) is 9.58. The van der Waals surface area contributed by atoms with Crippen LogP contribution < -0.4 is 4.74 Å². The van der Waals surface area contributed by atoms with Gasteiger partial charge < -0.3 is 9.15 Å². The minimum Gasteiger partial charge on any atom is -0.455 e. The van der Waals surface area contributed by atoms with Crippen LogP contribution >= 0.6 is 0 Å². The molecule has 0 fully saturated rings. The van der Waals surface area contributed by atoms with Crippen molar-refractivity contribution < 1.29 is 9.15 Å². The molecular weight excluding hydrogens is 657 g/mol. The summed E-state index contributed by atoms with van der Waals surface area (Å²) in [5.41, 5.74) is 8.41. The van der Waals surface area contributed by atoms with Crippen LogP contribution in [0.2, 0.25) is 0 Å². The van der Waals surface area contributed by atoms with Gasteiger partial charge in [0.25, 0.3) is 0 Å². The summed E-state index contributed by atoms with van der Waals surface area (Å²) in [5.74, 6) is 1.74. The monoisotopic (exact) mass is 684 g/mol. The third kappa shape index (κ3) is 3.69. The van der Waals surface area contributed by atoms with E-state index in [0.717, 1.165) is 66.5 Å². The zero-order valence-corrected chi connectivity index (χ0v) is 29.0. The van der Waals surface area contributed by atoms with E-state index in [1.54, 1.807) is 0 Å². The van der Waals surface area contributed by atoms with Crippen LogP contribution in [-0.4, -0.2) is 0 Å². The van der Waals surface area contributed by atoms with Crippen molar-refractivity contribution in [3.8, 4) is 44.9 Å². The van der Waals surface area contributed by atoms with Crippen molar-refractivity contribution >= 4 is 86.6 Å². The molecule has 12 aromatic rings. The smallest absolute Gasteiger partial charge is 0.144 e. The molecule has 0 atom stereocenters. The van der Waals surface area contributed by atoms with E-state index >= 15 is 0 Å². The highest BCUT2D eigenvalue weighted by Gasteiger charge is 2.27. The van der Waals surface area contributed by atoms with E-state index in [2.05, 4.69) is 170 Å². The first-order valence-corrected chi connectivity index (χ1v) is 18.6. The average molecular weight is 685 g/mol. The summed E-state index contributed by atoms with van der Waals surface area (Å²) in [6, 6.07) is 61.8. The van der Waals surface area contributed by atoms with Crippen LogP contribution in [0.1, 0.15) is 0 Å². The van der Waals surface area contributed by atoms with Gasteiger partial charge in [-0.05, 0) is 100 Å². The Morgan fingerprint density at radius 2 is 0.889 bits per heavy atom. The molecule has 54 heavy (non-hydrogen) atoms. The Bertz CT molecular complexity index is 3570. The Hall–Kier alpha value is -7.16. The van der Waals surface area contributed by atoms with Gasteiger partial charge in [0.15, 0.2) is 0 Å². The molecule has 248 valence electrons. The first-order valence-electron chi connectivity index (χ1n) is 18.6. The van der Waals surface area contributed by atoms with Crippen LogP contribution in [0, 0.1) is 0 Å². The van der Waals surface area contributed by atoms with E-state index < -0.39 is 0 Å². The fraction of sp³-hybridized carbons (Fsp3) is 0. The van der Waals surface area contributed by atoms with E-state index in [4.69, 9.17) is 9.15 Å². The van der Waals surface area contributed by atoms with Gasteiger partial charge in [-0.15, -0.1) is 0 Å². The number of hydrogen-bond acceptors (Lipinski definition) is 2. The average Bonchev–Trinajstić information content (AvgIpc) is 3.60. The van der Waals surface area contributed by atoms with Gasteiger partial charge >= 0.3 is 0 Å². The largest absolute Gasteiger partial charge is 0.455 e. The van der Waals surface area contributed by atoms with Gasteiger partial charge in [-0.2, -0.15) is 0 Å². The van der Waals surface area contributed by atoms with Crippen LogP contribution in [0.15, 0.2) is 174 Å². The van der Waals surface area contributed by atoms with Crippen molar-refractivity contribution in [3.05, 3.63) is 170 Å². The maximum absolute atomic E-state index is 7.05. The molecule has 1 aromatic heterocycles. The summed E-state index contributed by atoms with van der Waals surface area (Å²) in [5, 5.41) is 17.0. The molecule has 0 saturated carbocycles. The molecule has 2 heteroatoms. The second-order valence-corrected chi connectivity index (χ2v) is 14.7. The molecule has 11 aromatic carbocycles. The summed E-state index contributed by atoms with van der Waals surface area (Å²) < 4.78 is 14.1. The minimum absolute atomic E-state index is 0.857. The molecule has 0 spiro atoms. The lowest BCUT2D eigenvalue weighted by Gasteiger charge is -2.24. The van der Waals surface area contributed by atoms with Crippen molar-refractivity contribution in [2.24, 2.45) is 0 Å². The highest BCUT2D eigenvalue weighted by atomic mass is 16.5. The van der Waals surface area contributed by atoms with Crippen LogP contribution in [0.25, 0.3) is 120 Å². The standard InChI is InChI=1S/C52H28O2/c1-2-9-33-27-45-44(26-32(33)8-1)50-40(36-22-20-31-19-18-29-11-5-12-30-21-23-39(36)48(31)47(29)30)24-25-43(52(50)53-45)42-17-7-16-41-38-15-6-14-37-35-13-4-3-10-34(35)28-46(49(37)38)54-51(41)42/h1-28H. The van der Waals surface area contributed by atoms with Gasteiger partial charge in [0.2, 0.25) is 0 Å². The molecule has 0 saturated heterocycles. The second kappa shape index (κ2) is 10.2. The molecule has 1 aliphatic rings. The maximum Gasteiger partial charge on any atom is 0.144 e. The van der Waals surface area contributed by atoms with Gasteiger partial charge in [-0.1, -0.05) is 146 Å². The quantitative estimate of drug-likeness (QED) is 0.169. The second-order valence-electron chi connectivity index (χ2n) is 14.7. The Morgan fingerprint density at radius 1 is 0.296 bits per heavy atom. The number of para-hydroxylation sites is 1. The van der Waals surface area contributed by atoms with E-state index in [-0.39, 0.29) is 0 Å². The molecule has 0 N–H and O–H groups in total. The molecule has 13 rings (SSSR count). The van der Waals surface area contributed by atoms with Crippen molar-refractivity contribution in [2.45, 2.75) is 0 Å². The van der Waals surface area contributed by atoms with Crippen molar-refractivity contribution in [3.63, 3.8) is 0 Å². The first-order chi connectivity index (χ1) is 26.8. The first kappa shape index (κ1) is 28.4. The molecule has 0 amide bonds. The number of benzene rings is 11. The van der Waals surface area contributed by atoms with Gasteiger partial charge in [0.05, 0.1) is 0 Å². The topological polar surface area (TPSA) is 22.4 Å². The molecule has 2 nitrogen and oxygen atoms in total. The predicted octanol–water partition coefficient (Wildman–Crippen LogP) is 15.0. The Balaban J connectivity index is 1.12. The van der Waals surface area contributed by atoms with Gasteiger partial charge in [-0.25, -0.2) is 0 Å². The molecule has 0 aliphatic carbocycles. The lowest BCUT2D eigenvalue weighted by molar-refractivity contribution is 0.489.